The van der Waals surface area contributed by atoms with E-state index in [0.29, 0.717) is 12.1 Å². The van der Waals surface area contributed by atoms with Crippen LogP contribution in [-0.4, -0.2) is 6.04 Å². The van der Waals surface area contributed by atoms with Gasteiger partial charge in [-0.2, -0.15) is 0 Å². The van der Waals surface area contributed by atoms with Crippen LogP contribution >= 0.6 is 27.5 Å². The zero-order valence-corrected chi connectivity index (χ0v) is 14.1. The molecule has 0 radical (unpaired) electrons. The average Bonchev–Trinajstić information content (AvgIpc) is 2.39. The van der Waals surface area contributed by atoms with Gasteiger partial charge in [0.1, 0.15) is 0 Å². The molecule has 106 valence electrons. The number of benzene rings is 1. The summed E-state index contributed by atoms with van der Waals surface area (Å²) in [4.78, 5) is 0. The van der Waals surface area contributed by atoms with Crippen molar-refractivity contribution >= 4 is 27.5 Å². The Morgan fingerprint density at radius 2 is 2.11 bits per heavy atom. The van der Waals surface area contributed by atoms with E-state index in [-0.39, 0.29) is 0 Å². The van der Waals surface area contributed by atoms with Crippen LogP contribution in [0, 0.1) is 5.92 Å². The first-order chi connectivity index (χ1) is 9.11. The summed E-state index contributed by atoms with van der Waals surface area (Å²) in [6.45, 7) is 4.53. The lowest BCUT2D eigenvalue weighted by Crippen LogP contribution is -2.39. The SMILES string of the molecule is CCC1CCCCC1NC(C)c1ccc(Br)cc1Cl. The molecule has 1 N–H and O–H groups in total. The van der Waals surface area contributed by atoms with Gasteiger partial charge in [-0.05, 0) is 43.4 Å². The molecule has 19 heavy (non-hydrogen) atoms. The van der Waals surface area contributed by atoms with E-state index in [1.807, 2.05) is 6.07 Å². The lowest BCUT2D eigenvalue weighted by molar-refractivity contribution is 0.241. The van der Waals surface area contributed by atoms with Gasteiger partial charge in [0.15, 0.2) is 0 Å². The molecule has 1 fully saturated rings. The number of rotatable bonds is 4. The Kier molecular flexibility index (Phi) is 5.73. The molecule has 0 aliphatic heterocycles. The smallest absolute Gasteiger partial charge is 0.0464 e. The summed E-state index contributed by atoms with van der Waals surface area (Å²) in [6, 6.07) is 7.13. The maximum atomic E-state index is 6.34. The molecule has 1 aromatic rings. The molecule has 3 unspecified atom stereocenters. The molecule has 1 aromatic carbocycles. The van der Waals surface area contributed by atoms with E-state index in [9.17, 15) is 0 Å². The zero-order valence-electron chi connectivity index (χ0n) is 11.8. The Labute approximate surface area is 130 Å². The van der Waals surface area contributed by atoms with E-state index in [4.69, 9.17) is 11.6 Å². The third-order valence-corrected chi connectivity index (χ3v) is 5.15. The van der Waals surface area contributed by atoms with Crippen molar-refractivity contribution in [1.29, 1.82) is 0 Å². The van der Waals surface area contributed by atoms with Gasteiger partial charge in [0.05, 0.1) is 0 Å². The molecule has 3 heteroatoms. The highest BCUT2D eigenvalue weighted by Gasteiger charge is 2.25. The molecule has 0 heterocycles. The molecule has 0 aromatic heterocycles. The van der Waals surface area contributed by atoms with Crippen molar-refractivity contribution < 1.29 is 0 Å². The standard InChI is InChI=1S/C16H23BrClN/c1-3-12-6-4-5-7-16(12)19-11(2)14-9-8-13(17)10-15(14)18/h8-12,16,19H,3-7H2,1-2H3. The van der Waals surface area contributed by atoms with Gasteiger partial charge in [0.2, 0.25) is 0 Å². The monoisotopic (exact) mass is 343 g/mol. The lowest BCUT2D eigenvalue weighted by Gasteiger charge is -2.34. The highest BCUT2D eigenvalue weighted by atomic mass is 79.9. The highest BCUT2D eigenvalue weighted by molar-refractivity contribution is 9.10. The molecule has 1 aliphatic carbocycles. The summed E-state index contributed by atoms with van der Waals surface area (Å²) in [6.07, 6.45) is 6.70. The number of hydrogen-bond donors (Lipinski definition) is 1. The van der Waals surface area contributed by atoms with Gasteiger partial charge in [-0.15, -0.1) is 0 Å². The van der Waals surface area contributed by atoms with Crippen molar-refractivity contribution in [1.82, 2.24) is 5.32 Å². The summed E-state index contributed by atoms with van der Waals surface area (Å²) >= 11 is 9.80. The Morgan fingerprint density at radius 3 is 2.79 bits per heavy atom. The number of nitrogens with one attached hydrogen (secondary N) is 1. The maximum absolute atomic E-state index is 6.34. The molecule has 3 atom stereocenters. The van der Waals surface area contributed by atoms with Crippen LogP contribution in [0.15, 0.2) is 22.7 Å². The largest absolute Gasteiger partial charge is 0.307 e. The Hall–Kier alpha value is -0.0500. The van der Waals surface area contributed by atoms with Crippen LogP contribution in [0.2, 0.25) is 5.02 Å². The first-order valence-electron chi connectivity index (χ1n) is 7.32. The minimum atomic E-state index is 0.317. The van der Waals surface area contributed by atoms with Crippen LogP contribution in [0.1, 0.15) is 57.6 Å². The van der Waals surface area contributed by atoms with Gasteiger partial charge < -0.3 is 5.32 Å². The Bertz CT molecular complexity index is 421. The molecule has 0 saturated heterocycles. The van der Waals surface area contributed by atoms with Crippen LogP contribution < -0.4 is 5.32 Å². The summed E-state index contributed by atoms with van der Waals surface area (Å²) in [7, 11) is 0. The fourth-order valence-electron chi connectivity index (χ4n) is 3.18. The topological polar surface area (TPSA) is 12.0 Å². The van der Waals surface area contributed by atoms with Crippen molar-refractivity contribution in [2.75, 3.05) is 0 Å². The molecule has 2 rings (SSSR count). The maximum Gasteiger partial charge on any atom is 0.0464 e. The van der Waals surface area contributed by atoms with Gasteiger partial charge in [-0.3, -0.25) is 0 Å². The average molecular weight is 345 g/mol. The molecule has 0 amide bonds. The number of halogens is 2. The Balaban J connectivity index is 2.05. The molecule has 1 aliphatic rings. The summed E-state index contributed by atoms with van der Waals surface area (Å²) in [5, 5.41) is 4.64. The minimum absolute atomic E-state index is 0.317. The summed E-state index contributed by atoms with van der Waals surface area (Å²) in [5.74, 6) is 0.824. The van der Waals surface area contributed by atoms with Crippen molar-refractivity contribution in [2.24, 2.45) is 5.92 Å². The summed E-state index contributed by atoms with van der Waals surface area (Å²) < 4.78 is 1.04. The van der Waals surface area contributed by atoms with E-state index >= 15 is 0 Å². The van der Waals surface area contributed by atoms with E-state index in [0.717, 1.165) is 15.4 Å². The van der Waals surface area contributed by atoms with Gasteiger partial charge >= 0.3 is 0 Å². The molecule has 1 saturated carbocycles. The molecular weight excluding hydrogens is 322 g/mol. The third-order valence-electron chi connectivity index (χ3n) is 4.33. The van der Waals surface area contributed by atoms with Crippen molar-refractivity contribution in [2.45, 2.75) is 58.0 Å². The van der Waals surface area contributed by atoms with E-state index in [1.54, 1.807) is 0 Å². The van der Waals surface area contributed by atoms with E-state index < -0.39 is 0 Å². The van der Waals surface area contributed by atoms with Gasteiger partial charge in [0.25, 0.3) is 0 Å². The highest BCUT2D eigenvalue weighted by Crippen LogP contribution is 2.31. The van der Waals surface area contributed by atoms with E-state index in [2.05, 4.69) is 47.2 Å². The van der Waals surface area contributed by atoms with Gasteiger partial charge in [-0.25, -0.2) is 0 Å². The van der Waals surface area contributed by atoms with Crippen molar-refractivity contribution in [3.8, 4) is 0 Å². The van der Waals surface area contributed by atoms with Gasteiger partial charge in [-0.1, -0.05) is 59.8 Å². The Morgan fingerprint density at radius 1 is 1.37 bits per heavy atom. The van der Waals surface area contributed by atoms with E-state index in [1.165, 1.54) is 37.7 Å². The third kappa shape index (κ3) is 3.96. The number of hydrogen-bond acceptors (Lipinski definition) is 1. The first kappa shape index (κ1) is 15.3. The fraction of sp³-hybridized carbons (Fsp3) is 0.625. The molecular formula is C16H23BrClN. The van der Waals surface area contributed by atoms with Crippen LogP contribution in [0.5, 0.6) is 0 Å². The second-order valence-electron chi connectivity index (χ2n) is 5.61. The first-order valence-corrected chi connectivity index (χ1v) is 8.50. The normalized spacial score (nSPS) is 25.3. The second kappa shape index (κ2) is 7.10. The minimum Gasteiger partial charge on any atom is -0.307 e. The van der Waals surface area contributed by atoms with Crippen LogP contribution in [0.4, 0.5) is 0 Å². The second-order valence-corrected chi connectivity index (χ2v) is 6.94. The van der Waals surface area contributed by atoms with Crippen molar-refractivity contribution in [3.05, 3.63) is 33.3 Å². The zero-order chi connectivity index (χ0) is 13.8. The van der Waals surface area contributed by atoms with Crippen molar-refractivity contribution in [3.63, 3.8) is 0 Å². The van der Waals surface area contributed by atoms with Crippen LogP contribution in [0.3, 0.4) is 0 Å². The quantitative estimate of drug-likeness (QED) is 0.736. The lowest BCUT2D eigenvalue weighted by atomic mass is 9.82. The fourth-order valence-corrected chi connectivity index (χ4v) is 4.02. The predicted molar refractivity (Wildman–Crippen MR) is 86.7 cm³/mol. The summed E-state index contributed by atoms with van der Waals surface area (Å²) in [5.41, 5.74) is 1.20. The molecule has 0 spiro atoms. The molecule has 1 nitrogen and oxygen atoms in total. The predicted octanol–water partition coefficient (Wildman–Crippen LogP) is 5.72. The van der Waals surface area contributed by atoms with Gasteiger partial charge in [0, 0.05) is 21.6 Å². The van der Waals surface area contributed by atoms with Crippen LogP contribution in [0.25, 0.3) is 0 Å². The van der Waals surface area contributed by atoms with Crippen LogP contribution in [-0.2, 0) is 0 Å². The molecule has 0 bridgehead atoms.